The monoisotopic (exact) mass is 480 g/mol. The van der Waals surface area contributed by atoms with Gasteiger partial charge < -0.3 is 36.5 Å². The van der Waals surface area contributed by atoms with Crippen molar-refractivity contribution < 1.29 is 34.2 Å². The van der Waals surface area contributed by atoms with Crippen LogP contribution in [-0.4, -0.2) is 85.5 Å². The number of imidazole rings is 1. The first-order valence-corrected chi connectivity index (χ1v) is 11.1. The number of amides is 3. The highest BCUT2D eigenvalue weighted by molar-refractivity contribution is 5.96. The third kappa shape index (κ3) is 7.01. The molecule has 0 bridgehead atoms. The van der Waals surface area contributed by atoms with Gasteiger partial charge in [-0.25, -0.2) is 9.78 Å². The number of carboxylic acids is 2. The van der Waals surface area contributed by atoms with Crippen LogP contribution in [0.15, 0.2) is 12.5 Å². The molecule has 1 aromatic rings. The summed E-state index contributed by atoms with van der Waals surface area (Å²) in [4.78, 5) is 69.3. The molecule has 2 heterocycles. The van der Waals surface area contributed by atoms with Crippen LogP contribution in [0.4, 0.5) is 0 Å². The van der Waals surface area contributed by atoms with Gasteiger partial charge in [0, 0.05) is 24.9 Å². The lowest BCUT2D eigenvalue weighted by Gasteiger charge is -2.29. The van der Waals surface area contributed by atoms with E-state index in [0.29, 0.717) is 18.5 Å². The van der Waals surface area contributed by atoms with Gasteiger partial charge in [-0.05, 0) is 18.8 Å². The summed E-state index contributed by atoms with van der Waals surface area (Å²) in [6.45, 7) is 3.78. The highest BCUT2D eigenvalue weighted by Crippen LogP contribution is 2.20. The van der Waals surface area contributed by atoms with Crippen LogP contribution in [0.5, 0.6) is 0 Å². The highest BCUT2D eigenvalue weighted by Gasteiger charge is 2.40. The molecule has 13 nitrogen and oxygen atoms in total. The maximum atomic E-state index is 13.2. The van der Waals surface area contributed by atoms with Gasteiger partial charge in [-0.3, -0.25) is 19.2 Å². The van der Waals surface area contributed by atoms with Crippen LogP contribution in [0, 0.1) is 5.92 Å². The van der Waals surface area contributed by atoms with Gasteiger partial charge in [0.05, 0.1) is 18.8 Å². The zero-order valence-corrected chi connectivity index (χ0v) is 19.2. The Morgan fingerprint density at radius 3 is 2.50 bits per heavy atom. The van der Waals surface area contributed by atoms with E-state index in [2.05, 4.69) is 20.6 Å². The largest absolute Gasteiger partial charge is 0.481 e. The molecule has 2 rings (SSSR count). The summed E-state index contributed by atoms with van der Waals surface area (Å²) in [7, 11) is 0. The average Bonchev–Trinajstić information content (AvgIpc) is 3.48. The van der Waals surface area contributed by atoms with Crippen molar-refractivity contribution in [1.29, 1.82) is 0 Å². The van der Waals surface area contributed by atoms with Gasteiger partial charge in [-0.1, -0.05) is 20.3 Å². The number of carbonyl (C=O) groups excluding carboxylic acids is 3. The number of carboxylic acid groups (broad SMARTS) is 2. The number of nitrogens with two attached hydrogens (primary N) is 1. The molecule has 0 saturated carbocycles. The molecule has 0 aliphatic carbocycles. The number of H-pyrrole nitrogens is 1. The summed E-state index contributed by atoms with van der Waals surface area (Å²) in [5, 5.41) is 23.6. The van der Waals surface area contributed by atoms with Gasteiger partial charge in [0.2, 0.25) is 17.7 Å². The number of nitrogens with zero attached hydrogens (tertiary/aromatic N) is 2. The van der Waals surface area contributed by atoms with Crippen LogP contribution in [0.1, 0.15) is 45.2 Å². The van der Waals surface area contributed by atoms with E-state index >= 15 is 0 Å². The van der Waals surface area contributed by atoms with Crippen molar-refractivity contribution in [2.45, 2.75) is 70.1 Å². The molecule has 5 unspecified atom stereocenters. The molecule has 1 saturated heterocycles. The number of hydrogen-bond acceptors (Lipinski definition) is 7. The minimum atomic E-state index is -1.41. The number of aromatic amines is 1. The molecule has 7 N–H and O–H groups in total. The molecule has 13 heteroatoms. The number of hydrogen-bond donors (Lipinski definition) is 6. The smallest absolute Gasteiger partial charge is 0.326 e. The van der Waals surface area contributed by atoms with Crippen molar-refractivity contribution in [2.24, 2.45) is 11.7 Å². The predicted octanol–water partition coefficient (Wildman–Crippen LogP) is -1.15. The fourth-order valence-corrected chi connectivity index (χ4v) is 3.74. The van der Waals surface area contributed by atoms with E-state index in [-0.39, 0.29) is 25.3 Å². The first-order valence-electron chi connectivity index (χ1n) is 11.1. The summed E-state index contributed by atoms with van der Waals surface area (Å²) in [5.74, 6) is -4.80. The Balaban J connectivity index is 2.13. The zero-order chi connectivity index (χ0) is 25.4. The lowest BCUT2D eigenvalue weighted by Crippen LogP contribution is -2.57. The molecular formula is C21H32N6O7. The van der Waals surface area contributed by atoms with Crippen molar-refractivity contribution in [3.05, 3.63) is 18.2 Å². The molecule has 34 heavy (non-hydrogen) atoms. The number of carbonyl (C=O) groups is 5. The number of nitrogens with one attached hydrogen (secondary N) is 3. The first-order chi connectivity index (χ1) is 16.0. The van der Waals surface area contributed by atoms with E-state index in [1.54, 1.807) is 6.92 Å². The lowest BCUT2D eigenvalue weighted by molar-refractivity contribution is -0.147. The Kier molecular flexibility index (Phi) is 9.54. The van der Waals surface area contributed by atoms with Crippen molar-refractivity contribution in [2.75, 3.05) is 6.54 Å². The van der Waals surface area contributed by atoms with Crippen LogP contribution < -0.4 is 16.4 Å². The second-order valence-electron chi connectivity index (χ2n) is 8.44. The standard InChI is InChI=1S/C21H32N6O7/c1-3-11(2)17(22)19(31)25-13(8-16(28)29)20(32)27-6-4-5-15(27)18(30)26-14(21(33)34)7-12-9-23-10-24-12/h9-11,13-15,17H,3-8,22H2,1-2H3,(H,23,24)(H,25,31)(H,26,30)(H,28,29)(H,33,34). The SMILES string of the molecule is CCC(C)C(N)C(=O)NC(CC(=O)O)C(=O)N1CCCC1C(=O)NC(Cc1cnc[nH]1)C(=O)O. The van der Waals surface area contributed by atoms with E-state index in [1.807, 2.05) is 6.92 Å². The number of likely N-dealkylation sites (tertiary alicyclic amines) is 1. The summed E-state index contributed by atoms with van der Waals surface area (Å²) in [5.41, 5.74) is 6.42. The third-order valence-corrected chi connectivity index (χ3v) is 5.99. The second kappa shape index (κ2) is 12.1. The van der Waals surface area contributed by atoms with Crippen LogP contribution in [0.25, 0.3) is 0 Å². The van der Waals surface area contributed by atoms with Crippen molar-refractivity contribution in [3.63, 3.8) is 0 Å². The van der Waals surface area contributed by atoms with Gasteiger partial charge in [-0.15, -0.1) is 0 Å². The quantitative estimate of drug-likeness (QED) is 0.213. The highest BCUT2D eigenvalue weighted by atomic mass is 16.4. The summed E-state index contributed by atoms with van der Waals surface area (Å²) in [6, 6.07) is -4.58. The van der Waals surface area contributed by atoms with Crippen LogP contribution in [0.2, 0.25) is 0 Å². The van der Waals surface area contributed by atoms with E-state index in [1.165, 1.54) is 17.4 Å². The van der Waals surface area contributed by atoms with Gasteiger partial charge in [0.15, 0.2) is 0 Å². The third-order valence-electron chi connectivity index (χ3n) is 5.99. The number of aromatic nitrogens is 2. The number of aliphatic carboxylic acids is 2. The molecule has 1 aromatic heterocycles. The summed E-state index contributed by atoms with van der Waals surface area (Å²) < 4.78 is 0. The Morgan fingerprint density at radius 2 is 1.94 bits per heavy atom. The zero-order valence-electron chi connectivity index (χ0n) is 19.2. The van der Waals surface area contributed by atoms with Gasteiger partial charge >= 0.3 is 11.9 Å². The van der Waals surface area contributed by atoms with E-state index in [0.717, 1.165) is 0 Å². The van der Waals surface area contributed by atoms with Gasteiger partial charge in [0.25, 0.3) is 0 Å². The molecule has 188 valence electrons. The van der Waals surface area contributed by atoms with Crippen LogP contribution in [0.3, 0.4) is 0 Å². The van der Waals surface area contributed by atoms with E-state index in [4.69, 9.17) is 5.73 Å². The average molecular weight is 481 g/mol. The summed E-state index contributed by atoms with van der Waals surface area (Å²) in [6.07, 6.45) is 3.46. The predicted molar refractivity (Wildman–Crippen MR) is 118 cm³/mol. The van der Waals surface area contributed by atoms with Crippen LogP contribution in [-0.2, 0) is 30.4 Å². The second-order valence-corrected chi connectivity index (χ2v) is 8.44. The minimum absolute atomic E-state index is 0.0348. The molecule has 0 spiro atoms. The molecule has 3 amide bonds. The maximum absolute atomic E-state index is 13.2. The molecule has 0 aromatic carbocycles. The van der Waals surface area contributed by atoms with Crippen molar-refractivity contribution in [3.8, 4) is 0 Å². The molecular weight excluding hydrogens is 448 g/mol. The fraction of sp³-hybridized carbons (Fsp3) is 0.619. The van der Waals surface area contributed by atoms with Crippen LogP contribution >= 0.6 is 0 Å². The maximum Gasteiger partial charge on any atom is 0.326 e. The topological polar surface area (TPSA) is 208 Å². The Labute approximate surface area is 196 Å². The lowest BCUT2D eigenvalue weighted by atomic mass is 9.99. The Bertz CT molecular complexity index is 890. The Hall–Kier alpha value is -3.48. The molecule has 5 atom stereocenters. The Morgan fingerprint density at radius 1 is 1.24 bits per heavy atom. The first kappa shape index (κ1) is 26.8. The van der Waals surface area contributed by atoms with E-state index < -0.39 is 60.2 Å². The summed E-state index contributed by atoms with van der Waals surface area (Å²) >= 11 is 0. The molecule has 1 fully saturated rings. The molecule has 1 aliphatic rings. The van der Waals surface area contributed by atoms with Crippen molar-refractivity contribution in [1.82, 2.24) is 25.5 Å². The molecule has 1 aliphatic heterocycles. The van der Waals surface area contributed by atoms with E-state index in [9.17, 15) is 34.2 Å². The number of rotatable bonds is 12. The van der Waals surface area contributed by atoms with Gasteiger partial charge in [-0.2, -0.15) is 0 Å². The fourth-order valence-electron chi connectivity index (χ4n) is 3.74. The van der Waals surface area contributed by atoms with Crippen molar-refractivity contribution >= 4 is 29.7 Å². The molecule has 0 radical (unpaired) electrons. The normalized spacial score (nSPS) is 19.0. The van der Waals surface area contributed by atoms with Gasteiger partial charge in [0.1, 0.15) is 18.1 Å². The minimum Gasteiger partial charge on any atom is -0.481 e.